The highest BCUT2D eigenvalue weighted by atomic mass is 32.2. The van der Waals surface area contributed by atoms with E-state index >= 15 is 0 Å². The number of hydrogen-bond acceptors (Lipinski definition) is 4. The second kappa shape index (κ2) is 4.37. The molecule has 0 atom stereocenters. The molecule has 0 aliphatic heterocycles. The van der Waals surface area contributed by atoms with E-state index in [0.717, 1.165) is 12.1 Å². The van der Waals surface area contributed by atoms with Crippen molar-refractivity contribution in [3.05, 3.63) is 41.3 Å². The summed E-state index contributed by atoms with van der Waals surface area (Å²) in [5.74, 6) is 0. The van der Waals surface area contributed by atoms with Crippen LogP contribution in [0.5, 0.6) is 0 Å². The van der Waals surface area contributed by atoms with Gasteiger partial charge in [-0.3, -0.25) is 10.1 Å². The highest BCUT2D eigenvalue weighted by Gasteiger charge is 2.13. The van der Waals surface area contributed by atoms with Crippen molar-refractivity contribution in [3.8, 4) is 0 Å². The van der Waals surface area contributed by atoms with Gasteiger partial charge in [-0.1, -0.05) is 0 Å². The van der Waals surface area contributed by atoms with Crippen LogP contribution in [-0.2, 0) is 10.0 Å². The molecule has 1 radical (unpaired) electrons. The highest BCUT2D eigenvalue weighted by Crippen LogP contribution is 2.15. The second-order valence-electron chi connectivity index (χ2n) is 2.65. The number of non-ortho nitro benzene ring substituents is 1. The van der Waals surface area contributed by atoms with Crippen molar-refractivity contribution in [2.75, 3.05) is 6.54 Å². The van der Waals surface area contributed by atoms with Gasteiger partial charge in [0.1, 0.15) is 0 Å². The Balaban J connectivity index is 3.04. The molecule has 0 saturated heterocycles. The lowest BCUT2D eigenvalue weighted by molar-refractivity contribution is -0.384. The van der Waals surface area contributed by atoms with Gasteiger partial charge in [0.2, 0.25) is 10.0 Å². The van der Waals surface area contributed by atoms with Crippen molar-refractivity contribution >= 4 is 15.7 Å². The van der Waals surface area contributed by atoms with E-state index in [1.165, 1.54) is 12.1 Å². The number of nitro benzene ring substituents is 1. The topological polar surface area (TPSA) is 89.3 Å². The van der Waals surface area contributed by atoms with Gasteiger partial charge in [0, 0.05) is 18.7 Å². The Kier molecular flexibility index (Phi) is 3.38. The summed E-state index contributed by atoms with van der Waals surface area (Å²) in [6.07, 6.45) is 0. The summed E-state index contributed by atoms with van der Waals surface area (Å²) in [5, 5.41) is 10.3. The average molecular weight is 229 g/mol. The van der Waals surface area contributed by atoms with Crippen molar-refractivity contribution in [2.24, 2.45) is 0 Å². The molecule has 15 heavy (non-hydrogen) atoms. The minimum atomic E-state index is -3.59. The average Bonchev–Trinajstić information content (AvgIpc) is 2.18. The third-order valence-electron chi connectivity index (χ3n) is 1.65. The van der Waals surface area contributed by atoms with E-state index in [0.29, 0.717) is 0 Å². The SMILES string of the molecule is [CH2]CNS(=O)(=O)c1ccc([N+](=O)[O-])cc1. The molecule has 0 unspecified atom stereocenters. The van der Waals surface area contributed by atoms with Gasteiger partial charge in [-0.2, -0.15) is 0 Å². The van der Waals surface area contributed by atoms with E-state index in [2.05, 4.69) is 11.6 Å². The van der Waals surface area contributed by atoms with Gasteiger partial charge in [0.25, 0.3) is 5.69 Å². The molecule has 0 amide bonds. The largest absolute Gasteiger partial charge is 0.269 e. The Morgan fingerprint density at radius 1 is 1.33 bits per heavy atom. The molecule has 1 aromatic carbocycles. The van der Waals surface area contributed by atoms with Crippen LogP contribution < -0.4 is 4.72 Å². The first kappa shape index (κ1) is 11.6. The fraction of sp³-hybridized carbons (Fsp3) is 0.125. The predicted octanol–water partition coefficient (Wildman–Crippen LogP) is 0.707. The van der Waals surface area contributed by atoms with Crippen LogP contribution >= 0.6 is 0 Å². The third-order valence-corrected chi connectivity index (χ3v) is 3.13. The lowest BCUT2D eigenvalue weighted by Gasteiger charge is -2.03. The number of sulfonamides is 1. The molecule has 0 aromatic heterocycles. The first-order valence-corrected chi connectivity index (χ1v) is 5.49. The number of benzene rings is 1. The quantitative estimate of drug-likeness (QED) is 0.608. The van der Waals surface area contributed by atoms with Gasteiger partial charge >= 0.3 is 0 Å². The second-order valence-corrected chi connectivity index (χ2v) is 4.42. The number of nitrogens with one attached hydrogen (secondary N) is 1. The van der Waals surface area contributed by atoms with Crippen molar-refractivity contribution in [1.29, 1.82) is 0 Å². The molecular formula is C8H9N2O4S. The monoisotopic (exact) mass is 229 g/mol. The summed E-state index contributed by atoms with van der Waals surface area (Å²) in [4.78, 5) is 9.71. The number of nitrogens with zero attached hydrogens (tertiary/aromatic N) is 1. The molecule has 0 spiro atoms. The first-order valence-electron chi connectivity index (χ1n) is 4.01. The summed E-state index contributed by atoms with van der Waals surface area (Å²) >= 11 is 0. The van der Waals surface area contributed by atoms with Crippen LogP contribution in [0.15, 0.2) is 29.2 Å². The van der Waals surface area contributed by atoms with Gasteiger partial charge in [0.15, 0.2) is 0 Å². The maximum atomic E-state index is 11.4. The van der Waals surface area contributed by atoms with Crippen LogP contribution in [0.4, 0.5) is 5.69 Å². The van der Waals surface area contributed by atoms with Crippen LogP contribution in [0.3, 0.4) is 0 Å². The van der Waals surface area contributed by atoms with E-state index < -0.39 is 14.9 Å². The molecule has 0 heterocycles. The maximum Gasteiger partial charge on any atom is 0.269 e. The summed E-state index contributed by atoms with van der Waals surface area (Å²) in [6.45, 7) is 3.37. The first-order chi connectivity index (χ1) is 6.97. The van der Waals surface area contributed by atoms with Gasteiger partial charge in [-0.15, -0.1) is 0 Å². The Bertz CT molecular complexity index is 452. The molecule has 6 nitrogen and oxygen atoms in total. The van der Waals surface area contributed by atoms with Crippen molar-refractivity contribution in [1.82, 2.24) is 4.72 Å². The van der Waals surface area contributed by atoms with E-state index in [1.807, 2.05) is 0 Å². The molecule has 81 valence electrons. The Labute approximate surface area is 87.1 Å². The van der Waals surface area contributed by atoms with Gasteiger partial charge in [-0.25, -0.2) is 13.1 Å². The van der Waals surface area contributed by atoms with Crippen LogP contribution in [0, 0.1) is 17.0 Å². The fourth-order valence-electron chi connectivity index (χ4n) is 0.965. The Hall–Kier alpha value is -1.47. The van der Waals surface area contributed by atoms with E-state index in [1.54, 1.807) is 0 Å². The molecule has 0 saturated carbocycles. The summed E-state index contributed by atoms with van der Waals surface area (Å²) in [6, 6.07) is 4.63. The minimum Gasteiger partial charge on any atom is -0.258 e. The smallest absolute Gasteiger partial charge is 0.258 e. The van der Waals surface area contributed by atoms with E-state index in [9.17, 15) is 18.5 Å². The summed E-state index contributed by atoms with van der Waals surface area (Å²) in [5.41, 5.74) is -0.149. The lowest BCUT2D eigenvalue weighted by Crippen LogP contribution is -2.23. The zero-order valence-electron chi connectivity index (χ0n) is 7.71. The maximum absolute atomic E-state index is 11.4. The van der Waals surface area contributed by atoms with E-state index in [4.69, 9.17) is 0 Å². The number of nitro groups is 1. The van der Waals surface area contributed by atoms with Crippen LogP contribution in [0.25, 0.3) is 0 Å². The lowest BCUT2D eigenvalue weighted by atomic mass is 10.3. The molecule has 1 N–H and O–H groups in total. The fourth-order valence-corrected chi connectivity index (χ4v) is 1.89. The van der Waals surface area contributed by atoms with Gasteiger partial charge < -0.3 is 0 Å². The van der Waals surface area contributed by atoms with Crippen LogP contribution in [-0.4, -0.2) is 19.9 Å². The third kappa shape index (κ3) is 2.74. The molecule has 7 heteroatoms. The zero-order chi connectivity index (χ0) is 11.5. The number of rotatable bonds is 4. The minimum absolute atomic E-state index is 0.0169. The predicted molar refractivity (Wildman–Crippen MR) is 53.6 cm³/mol. The highest BCUT2D eigenvalue weighted by molar-refractivity contribution is 7.89. The normalized spacial score (nSPS) is 11.3. The Morgan fingerprint density at radius 3 is 2.27 bits per heavy atom. The molecule has 0 aliphatic carbocycles. The number of hydrogen-bond donors (Lipinski definition) is 1. The van der Waals surface area contributed by atoms with E-state index in [-0.39, 0.29) is 17.1 Å². The zero-order valence-corrected chi connectivity index (χ0v) is 8.53. The Morgan fingerprint density at radius 2 is 1.87 bits per heavy atom. The van der Waals surface area contributed by atoms with Gasteiger partial charge in [0.05, 0.1) is 9.82 Å². The summed E-state index contributed by atoms with van der Waals surface area (Å²) < 4.78 is 25.0. The molecule has 0 fully saturated rings. The summed E-state index contributed by atoms with van der Waals surface area (Å²) in [7, 11) is -3.59. The van der Waals surface area contributed by atoms with Gasteiger partial charge in [-0.05, 0) is 19.1 Å². The van der Waals surface area contributed by atoms with Crippen LogP contribution in [0.2, 0.25) is 0 Å². The standard InChI is InChI=1S/C8H9N2O4S/c1-2-9-15(13,14)8-5-3-7(4-6-8)10(11)12/h3-6,9H,1-2H2. The molecule has 0 bridgehead atoms. The molecular weight excluding hydrogens is 220 g/mol. The molecule has 1 aromatic rings. The molecule has 0 aliphatic rings. The van der Waals surface area contributed by atoms with Crippen LogP contribution in [0.1, 0.15) is 0 Å². The van der Waals surface area contributed by atoms with Crippen molar-refractivity contribution < 1.29 is 13.3 Å². The van der Waals surface area contributed by atoms with Crippen molar-refractivity contribution in [2.45, 2.75) is 4.90 Å². The van der Waals surface area contributed by atoms with Crippen molar-refractivity contribution in [3.63, 3.8) is 0 Å². The molecule has 1 rings (SSSR count).